The third kappa shape index (κ3) is 1.88. The minimum Gasteiger partial charge on any atom is -0.299 e. The summed E-state index contributed by atoms with van der Waals surface area (Å²) in [6, 6.07) is 0. The molecule has 0 amide bonds. The van der Waals surface area contributed by atoms with E-state index in [1.54, 1.807) is 6.92 Å². The van der Waals surface area contributed by atoms with Gasteiger partial charge in [0, 0.05) is 6.42 Å². The molecule has 1 aromatic rings. The average molecular weight is 184 g/mol. The van der Waals surface area contributed by atoms with Crippen molar-refractivity contribution in [1.82, 2.24) is 9.36 Å². The van der Waals surface area contributed by atoms with Crippen LogP contribution in [0.2, 0.25) is 0 Å². The quantitative estimate of drug-likeness (QED) is 0.719. The lowest BCUT2D eigenvalue weighted by molar-refractivity contribution is -0.118. The Bertz CT molecular complexity index is 282. The van der Waals surface area contributed by atoms with Gasteiger partial charge in [-0.3, -0.25) is 4.79 Å². The lowest BCUT2D eigenvalue weighted by Crippen LogP contribution is -2.03. The van der Waals surface area contributed by atoms with Crippen molar-refractivity contribution in [2.75, 3.05) is 0 Å². The van der Waals surface area contributed by atoms with Crippen LogP contribution in [-0.4, -0.2) is 15.1 Å². The molecule has 0 aliphatic rings. The predicted octanol–water partition coefficient (Wildman–Crippen LogP) is 1.79. The van der Waals surface area contributed by atoms with Gasteiger partial charge in [0.25, 0.3) is 0 Å². The highest BCUT2D eigenvalue weighted by Crippen LogP contribution is 2.17. The number of Topliss-reactive ketones (excluding diaryl/α,β-unsaturated/α-hetero) is 1. The smallest absolute Gasteiger partial charge is 0.142 e. The maximum Gasteiger partial charge on any atom is 0.142 e. The van der Waals surface area contributed by atoms with Gasteiger partial charge < -0.3 is 0 Å². The second-order valence-electron chi connectivity index (χ2n) is 2.73. The number of carbonyl (C=O) groups is 1. The average Bonchev–Trinajstić information content (AvgIpc) is 2.50. The molecule has 3 nitrogen and oxygen atoms in total. The summed E-state index contributed by atoms with van der Waals surface area (Å²) in [4.78, 5) is 15.2. The molecule has 1 atom stereocenters. The van der Waals surface area contributed by atoms with Gasteiger partial charge in [-0.1, -0.05) is 6.92 Å². The minimum absolute atomic E-state index is 0.0946. The van der Waals surface area contributed by atoms with Crippen molar-refractivity contribution < 1.29 is 4.79 Å². The van der Waals surface area contributed by atoms with Crippen LogP contribution in [-0.2, 0) is 11.2 Å². The molecule has 0 saturated heterocycles. The Morgan fingerprint density at radius 3 is 2.75 bits per heavy atom. The Morgan fingerprint density at radius 1 is 1.67 bits per heavy atom. The van der Waals surface area contributed by atoms with E-state index in [0.29, 0.717) is 0 Å². The molecule has 0 aliphatic heterocycles. The van der Waals surface area contributed by atoms with Gasteiger partial charge in [-0.25, -0.2) is 4.98 Å². The molecule has 1 aromatic heterocycles. The standard InChI is InChI=1S/C8H12N2OS/c1-4-7-9-8(12-10-7)5(2)6(3)11/h5H,4H2,1-3H3. The SMILES string of the molecule is CCc1nsc(C(C)C(C)=O)n1. The molecule has 0 saturated carbocycles. The fourth-order valence-corrected chi connectivity index (χ4v) is 1.60. The van der Waals surface area contributed by atoms with Gasteiger partial charge >= 0.3 is 0 Å². The van der Waals surface area contributed by atoms with Crippen LogP contribution in [0.15, 0.2) is 0 Å². The van der Waals surface area contributed by atoms with Crippen LogP contribution in [0.3, 0.4) is 0 Å². The van der Waals surface area contributed by atoms with Crippen LogP contribution in [0.5, 0.6) is 0 Å². The van der Waals surface area contributed by atoms with Gasteiger partial charge in [0.2, 0.25) is 0 Å². The number of rotatable bonds is 3. The monoisotopic (exact) mass is 184 g/mol. The van der Waals surface area contributed by atoms with E-state index in [2.05, 4.69) is 9.36 Å². The Labute approximate surface area is 76.0 Å². The lowest BCUT2D eigenvalue weighted by Gasteiger charge is -1.99. The number of hydrogen-bond acceptors (Lipinski definition) is 4. The van der Waals surface area contributed by atoms with Crippen molar-refractivity contribution in [1.29, 1.82) is 0 Å². The highest BCUT2D eigenvalue weighted by atomic mass is 32.1. The van der Waals surface area contributed by atoms with Gasteiger partial charge in [0.1, 0.15) is 16.6 Å². The summed E-state index contributed by atoms with van der Waals surface area (Å²) in [6.07, 6.45) is 0.834. The zero-order valence-electron chi connectivity index (χ0n) is 7.50. The molecule has 4 heteroatoms. The summed E-state index contributed by atoms with van der Waals surface area (Å²) in [7, 11) is 0. The molecule has 12 heavy (non-hydrogen) atoms. The summed E-state index contributed by atoms with van der Waals surface area (Å²) in [5, 5.41) is 0.833. The van der Waals surface area contributed by atoms with Gasteiger partial charge in [-0.15, -0.1) is 0 Å². The van der Waals surface area contributed by atoms with Crippen LogP contribution in [0, 0.1) is 0 Å². The number of aryl methyl sites for hydroxylation is 1. The Hall–Kier alpha value is -0.770. The molecule has 0 spiro atoms. The Morgan fingerprint density at radius 2 is 2.33 bits per heavy atom. The molecule has 0 aliphatic carbocycles. The van der Waals surface area contributed by atoms with Gasteiger partial charge in [-0.05, 0) is 25.4 Å². The maximum absolute atomic E-state index is 11.0. The first-order valence-electron chi connectivity index (χ1n) is 3.98. The van der Waals surface area contributed by atoms with Gasteiger partial charge in [-0.2, -0.15) is 4.37 Å². The second-order valence-corrected chi connectivity index (χ2v) is 3.52. The number of nitrogens with zero attached hydrogens (tertiary/aromatic N) is 2. The van der Waals surface area contributed by atoms with Crippen molar-refractivity contribution in [3.05, 3.63) is 10.8 Å². The third-order valence-electron chi connectivity index (χ3n) is 1.78. The van der Waals surface area contributed by atoms with Crippen molar-refractivity contribution in [3.63, 3.8) is 0 Å². The van der Waals surface area contributed by atoms with E-state index in [1.165, 1.54) is 11.5 Å². The number of aromatic nitrogens is 2. The molecule has 0 radical (unpaired) electrons. The lowest BCUT2D eigenvalue weighted by atomic mass is 10.1. The van der Waals surface area contributed by atoms with E-state index < -0.39 is 0 Å². The maximum atomic E-state index is 11.0. The van der Waals surface area contributed by atoms with E-state index in [0.717, 1.165) is 17.3 Å². The Balaban J connectivity index is 2.81. The minimum atomic E-state index is -0.0946. The summed E-state index contributed by atoms with van der Waals surface area (Å²) in [5.41, 5.74) is 0. The van der Waals surface area contributed by atoms with Crippen LogP contribution in [0.4, 0.5) is 0 Å². The van der Waals surface area contributed by atoms with Crippen LogP contribution < -0.4 is 0 Å². The van der Waals surface area contributed by atoms with Crippen LogP contribution >= 0.6 is 11.5 Å². The fourth-order valence-electron chi connectivity index (χ4n) is 0.761. The summed E-state index contributed by atoms with van der Waals surface area (Å²) < 4.78 is 4.12. The number of ketones is 1. The number of hydrogen-bond donors (Lipinski definition) is 0. The van der Waals surface area contributed by atoms with Crippen molar-refractivity contribution in [3.8, 4) is 0 Å². The largest absolute Gasteiger partial charge is 0.299 e. The molecule has 0 fully saturated rings. The topological polar surface area (TPSA) is 42.9 Å². The molecule has 1 unspecified atom stereocenters. The van der Waals surface area contributed by atoms with E-state index in [9.17, 15) is 4.79 Å². The van der Waals surface area contributed by atoms with Crippen molar-refractivity contribution in [2.45, 2.75) is 33.1 Å². The summed E-state index contributed by atoms with van der Waals surface area (Å²) in [5.74, 6) is 0.889. The molecular formula is C8H12N2OS. The van der Waals surface area contributed by atoms with E-state index in [-0.39, 0.29) is 11.7 Å². The van der Waals surface area contributed by atoms with Gasteiger partial charge in [0.15, 0.2) is 0 Å². The van der Waals surface area contributed by atoms with Crippen LogP contribution in [0.1, 0.15) is 37.5 Å². The first-order valence-corrected chi connectivity index (χ1v) is 4.75. The molecule has 0 bridgehead atoms. The highest BCUT2D eigenvalue weighted by molar-refractivity contribution is 7.05. The molecular weight excluding hydrogens is 172 g/mol. The molecule has 66 valence electrons. The predicted molar refractivity (Wildman–Crippen MR) is 48.4 cm³/mol. The van der Waals surface area contributed by atoms with E-state index in [4.69, 9.17) is 0 Å². The second kappa shape index (κ2) is 3.76. The fraction of sp³-hybridized carbons (Fsp3) is 0.625. The normalized spacial score (nSPS) is 12.9. The highest BCUT2D eigenvalue weighted by Gasteiger charge is 2.14. The molecule has 1 heterocycles. The van der Waals surface area contributed by atoms with Gasteiger partial charge in [0.05, 0.1) is 5.92 Å². The summed E-state index contributed by atoms with van der Waals surface area (Å²) >= 11 is 1.33. The Kier molecular flexibility index (Phi) is 2.92. The zero-order chi connectivity index (χ0) is 9.14. The van der Waals surface area contributed by atoms with E-state index >= 15 is 0 Å². The third-order valence-corrected chi connectivity index (χ3v) is 2.71. The van der Waals surface area contributed by atoms with Crippen LogP contribution in [0.25, 0.3) is 0 Å². The number of carbonyl (C=O) groups excluding carboxylic acids is 1. The van der Waals surface area contributed by atoms with Crippen molar-refractivity contribution >= 4 is 17.3 Å². The molecule has 0 N–H and O–H groups in total. The van der Waals surface area contributed by atoms with Crippen molar-refractivity contribution in [2.24, 2.45) is 0 Å². The summed E-state index contributed by atoms with van der Waals surface area (Å²) in [6.45, 7) is 5.45. The van der Waals surface area contributed by atoms with E-state index in [1.807, 2.05) is 13.8 Å². The first-order chi connectivity index (χ1) is 5.65. The molecule has 0 aromatic carbocycles. The first kappa shape index (κ1) is 9.32. The molecule has 1 rings (SSSR count). The zero-order valence-corrected chi connectivity index (χ0v) is 8.31.